The molecule has 4 N–H and O–H groups in total. The molecule has 0 fully saturated rings. The average Bonchev–Trinajstić information content (AvgIpc) is 2.21. The molecular formula is C11H16ClN3O. The summed E-state index contributed by atoms with van der Waals surface area (Å²) >= 11 is 6.00. The number of nitrogens with two attached hydrogens (primary N) is 1. The fraction of sp³-hybridized carbons (Fsp3) is 0.364. The van der Waals surface area contributed by atoms with Crippen LogP contribution in [-0.2, 0) is 0 Å². The summed E-state index contributed by atoms with van der Waals surface area (Å²) in [5, 5.41) is 6.05. The molecule has 0 radical (unpaired) electrons. The maximum Gasteiger partial charge on any atom is 0.252 e. The Hall–Kier alpha value is -1.42. The van der Waals surface area contributed by atoms with E-state index in [0.717, 1.165) is 5.69 Å². The summed E-state index contributed by atoms with van der Waals surface area (Å²) in [7, 11) is 1.55. The van der Waals surface area contributed by atoms with Crippen molar-refractivity contribution in [3.05, 3.63) is 22.7 Å². The van der Waals surface area contributed by atoms with Crippen molar-refractivity contribution in [2.24, 2.45) is 0 Å². The lowest BCUT2D eigenvalue weighted by atomic mass is 10.1. The van der Waals surface area contributed by atoms with E-state index in [4.69, 9.17) is 17.3 Å². The number of halogens is 1. The fourth-order valence-electron chi connectivity index (χ4n) is 1.33. The van der Waals surface area contributed by atoms with Crippen LogP contribution in [0.25, 0.3) is 0 Å². The van der Waals surface area contributed by atoms with Crippen molar-refractivity contribution >= 4 is 28.9 Å². The van der Waals surface area contributed by atoms with Crippen molar-refractivity contribution < 1.29 is 4.79 Å². The number of carbonyl (C=O) groups excluding carboxylic acids is 1. The topological polar surface area (TPSA) is 67.2 Å². The summed E-state index contributed by atoms with van der Waals surface area (Å²) < 4.78 is 0. The normalized spacial score (nSPS) is 10.3. The zero-order valence-corrected chi connectivity index (χ0v) is 10.4. The molecule has 0 aromatic heterocycles. The molecule has 0 spiro atoms. The van der Waals surface area contributed by atoms with E-state index in [-0.39, 0.29) is 11.9 Å². The minimum Gasteiger partial charge on any atom is -0.397 e. The first-order chi connectivity index (χ1) is 7.45. The molecule has 4 nitrogen and oxygen atoms in total. The second-order valence-corrected chi connectivity index (χ2v) is 4.20. The smallest absolute Gasteiger partial charge is 0.252 e. The molecule has 0 bridgehead atoms. The van der Waals surface area contributed by atoms with Crippen molar-refractivity contribution in [1.29, 1.82) is 0 Å². The van der Waals surface area contributed by atoms with Gasteiger partial charge in [0.15, 0.2) is 0 Å². The Labute approximate surface area is 100 Å². The quantitative estimate of drug-likeness (QED) is 0.710. The molecule has 1 aromatic rings. The van der Waals surface area contributed by atoms with Gasteiger partial charge in [-0.15, -0.1) is 0 Å². The number of nitrogens with one attached hydrogen (secondary N) is 2. The number of rotatable bonds is 3. The Kier molecular flexibility index (Phi) is 4.01. The Morgan fingerprint density at radius 3 is 2.56 bits per heavy atom. The molecule has 16 heavy (non-hydrogen) atoms. The SMILES string of the molecule is CNC(=O)c1cc(N)c(NC(C)C)cc1Cl. The van der Waals surface area contributed by atoms with Gasteiger partial charge in [-0.25, -0.2) is 0 Å². The van der Waals surface area contributed by atoms with Gasteiger partial charge in [0.25, 0.3) is 5.91 Å². The highest BCUT2D eigenvalue weighted by Gasteiger charge is 2.12. The third-order valence-corrected chi connectivity index (χ3v) is 2.37. The van der Waals surface area contributed by atoms with Crippen molar-refractivity contribution in [1.82, 2.24) is 5.32 Å². The molecule has 0 aliphatic rings. The maximum atomic E-state index is 11.4. The van der Waals surface area contributed by atoms with Crippen LogP contribution in [0.1, 0.15) is 24.2 Å². The number of amides is 1. The lowest BCUT2D eigenvalue weighted by Crippen LogP contribution is -2.19. The minimum atomic E-state index is -0.243. The summed E-state index contributed by atoms with van der Waals surface area (Å²) in [6, 6.07) is 3.50. The van der Waals surface area contributed by atoms with E-state index in [9.17, 15) is 4.79 Å². The second kappa shape index (κ2) is 5.07. The van der Waals surface area contributed by atoms with Crippen LogP contribution in [0.2, 0.25) is 5.02 Å². The van der Waals surface area contributed by atoms with Gasteiger partial charge in [-0.3, -0.25) is 4.79 Å². The highest BCUT2D eigenvalue weighted by atomic mass is 35.5. The molecule has 0 saturated heterocycles. The highest BCUT2D eigenvalue weighted by molar-refractivity contribution is 6.34. The zero-order valence-electron chi connectivity index (χ0n) is 9.60. The molecule has 0 aliphatic heterocycles. The zero-order chi connectivity index (χ0) is 12.3. The van der Waals surface area contributed by atoms with Gasteiger partial charge in [-0.1, -0.05) is 11.6 Å². The van der Waals surface area contributed by atoms with Gasteiger partial charge >= 0.3 is 0 Å². The molecule has 1 rings (SSSR count). The van der Waals surface area contributed by atoms with Gasteiger partial charge in [0.2, 0.25) is 0 Å². The first-order valence-corrected chi connectivity index (χ1v) is 5.41. The predicted molar refractivity (Wildman–Crippen MR) is 68.0 cm³/mol. The standard InChI is InChI=1S/C11H16ClN3O/c1-6(2)15-10-5-8(12)7(4-9(10)13)11(16)14-3/h4-6,15H,13H2,1-3H3,(H,14,16). The molecule has 1 amide bonds. The molecule has 1 aromatic carbocycles. The Bertz CT molecular complexity index is 404. The van der Waals surface area contributed by atoms with E-state index >= 15 is 0 Å². The van der Waals surface area contributed by atoms with Gasteiger partial charge in [0.1, 0.15) is 0 Å². The Balaban J connectivity index is 3.11. The summed E-state index contributed by atoms with van der Waals surface area (Å²) in [6.07, 6.45) is 0. The van der Waals surface area contributed by atoms with Crippen LogP contribution >= 0.6 is 11.6 Å². The van der Waals surface area contributed by atoms with Crippen LogP contribution in [0.5, 0.6) is 0 Å². The molecule has 0 unspecified atom stereocenters. The number of benzene rings is 1. The second-order valence-electron chi connectivity index (χ2n) is 3.80. The molecule has 88 valence electrons. The number of anilines is 2. The number of hydrogen-bond acceptors (Lipinski definition) is 3. The first kappa shape index (κ1) is 12.6. The Morgan fingerprint density at radius 2 is 2.06 bits per heavy atom. The molecular weight excluding hydrogens is 226 g/mol. The van der Waals surface area contributed by atoms with Crippen LogP contribution in [0.4, 0.5) is 11.4 Å². The largest absolute Gasteiger partial charge is 0.397 e. The molecule has 0 atom stereocenters. The van der Waals surface area contributed by atoms with Gasteiger partial charge < -0.3 is 16.4 Å². The highest BCUT2D eigenvalue weighted by Crippen LogP contribution is 2.27. The third-order valence-electron chi connectivity index (χ3n) is 2.06. The van der Waals surface area contributed by atoms with Crippen molar-refractivity contribution in [2.45, 2.75) is 19.9 Å². The number of nitrogen functional groups attached to an aromatic ring is 1. The van der Waals surface area contributed by atoms with Crippen LogP contribution < -0.4 is 16.4 Å². The fourth-order valence-corrected chi connectivity index (χ4v) is 1.58. The average molecular weight is 242 g/mol. The summed E-state index contributed by atoms with van der Waals surface area (Å²) in [6.45, 7) is 4.00. The third kappa shape index (κ3) is 2.79. The lowest BCUT2D eigenvalue weighted by Gasteiger charge is -2.14. The van der Waals surface area contributed by atoms with Gasteiger partial charge in [0, 0.05) is 13.1 Å². The monoisotopic (exact) mass is 241 g/mol. The van der Waals surface area contributed by atoms with E-state index in [0.29, 0.717) is 16.3 Å². The summed E-state index contributed by atoms with van der Waals surface area (Å²) in [5.41, 5.74) is 7.47. The number of carbonyl (C=O) groups is 1. The molecule has 0 aliphatic carbocycles. The van der Waals surface area contributed by atoms with Crippen LogP contribution in [0.15, 0.2) is 12.1 Å². The summed E-state index contributed by atoms with van der Waals surface area (Å²) in [4.78, 5) is 11.4. The van der Waals surface area contributed by atoms with Crippen LogP contribution in [-0.4, -0.2) is 19.0 Å². The molecule has 0 saturated carbocycles. The van der Waals surface area contributed by atoms with Crippen molar-refractivity contribution in [3.63, 3.8) is 0 Å². The van der Waals surface area contributed by atoms with E-state index in [2.05, 4.69) is 10.6 Å². The van der Waals surface area contributed by atoms with Crippen molar-refractivity contribution in [2.75, 3.05) is 18.1 Å². The van der Waals surface area contributed by atoms with Crippen LogP contribution in [0.3, 0.4) is 0 Å². The van der Waals surface area contributed by atoms with Gasteiger partial charge in [-0.2, -0.15) is 0 Å². The molecule has 5 heteroatoms. The van der Waals surface area contributed by atoms with E-state index in [1.165, 1.54) is 0 Å². The van der Waals surface area contributed by atoms with E-state index < -0.39 is 0 Å². The van der Waals surface area contributed by atoms with E-state index in [1.807, 2.05) is 13.8 Å². The maximum absolute atomic E-state index is 11.4. The van der Waals surface area contributed by atoms with Gasteiger partial charge in [0.05, 0.1) is 22.0 Å². The first-order valence-electron chi connectivity index (χ1n) is 5.03. The molecule has 0 heterocycles. The Morgan fingerprint density at radius 1 is 1.44 bits per heavy atom. The lowest BCUT2D eigenvalue weighted by molar-refractivity contribution is 0.0963. The predicted octanol–water partition coefficient (Wildman–Crippen LogP) is 2.10. The van der Waals surface area contributed by atoms with Crippen LogP contribution in [0, 0.1) is 0 Å². The minimum absolute atomic E-state index is 0.243. The summed E-state index contributed by atoms with van der Waals surface area (Å²) in [5.74, 6) is -0.243. The van der Waals surface area contributed by atoms with Gasteiger partial charge in [-0.05, 0) is 26.0 Å². The van der Waals surface area contributed by atoms with Crippen molar-refractivity contribution in [3.8, 4) is 0 Å². The number of hydrogen-bond donors (Lipinski definition) is 3. The van der Waals surface area contributed by atoms with E-state index in [1.54, 1.807) is 19.2 Å².